The lowest BCUT2D eigenvalue weighted by molar-refractivity contribution is -0.129. The van der Waals surface area contributed by atoms with Crippen molar-refractivity contribution in [1.82, 2.24) is 0 Å². The van der Waals surface area contributed by atoms with Crippen LogP contribution in [0.5, 0.6) is 0 Å². The van der Waals surface area contributed by atoms with Gasteiger partial charge in [-0.05, 0) is 90.7 Å². The van der Waals surface area contributed by atoms with Crippen molar-refractivity contribution >= 4 is 55.7 Å². The van der Waals surface area contributed by atoms with Crippen molar-refractivity contribution in [1.29, 1.82) is 0 Å². The Balaban J connectivity index is 1.20. The minimum atomic E-state index is -0.813. The van der Waals surface area contributed by atoms with Crippen LogP contribution in [0.4, 0.5) is 17.1 Å². The van der Waals surface area contributed by atoms with E-state index in [0.717, 1.165) is 75.2 Å². The second-order valence-electron chi connectivity index (χ2n) is 15.6. The van der Waals surface area contributed by atoms with Crippen LogP contribution in [0.2, 0.25) is 0 Å². The van der Waals surface area contributed by atoms with E-state index >= 15 is 0 Å². The third kappa shape index (κ3) is 4.04. The fraction of sp³-hybridized carbons (Fsp3) is 0.425. The lowest BCUT2D eigenvalue weighted by Gasteiger charge is -2.48. The predicted molar refractivity (Wildman–Crippen MR) is 186 cm³/mol. The van der Waals surface area contributed by atoms with Crippen LogP contribution in [0.25, 0.3) is 27.1 Å². The van der Waals surface area contributed by atoms with Crippen LogP contribution in [0, 0.1) is 23.7 Å². The molecule has 3 saturated carbocycles. The highest BCUT2D eigenvalue weighted by Crippen LogP contribution is 2.50. The summed E-state index contributed by atoms with van der Waals surface area (Å²) in [6.07, 6.45) is 6.24. The van der Waals surface area contributed by atoms with E-state index in [4.69, 9.17) is 4.99 Å². The van der Waals surface area contributed by atoms with Gasteiger partial charge in [0.15, 0.2) is 11.6 Å². The number of rotatable bonds is 1. The Morgan fingerprint density at radius 2 is 1.24 bits per heavy atom. The number of carbonyl (C=O) groups excluding carboxylic acids is 2. The Labute approximate surface area is 269 Å². The van der Waals surface area contributed by atoms with Gasteiger partial charge in [-0.25, -0.2) is 0 Å². The first kappa shape index (κ1) is 28.1. The van der Waals surface area contributed by atoms with Gasteiger partial charge in [-0.1, -0.05) is 76.2 Å². The van der Waals surface area contributed by atoms with Crippen molar-refractivity contribution in [3.8, 4) is 0 Å². The number of ketones is 2. The van der Waals surface area contributed by atoms with Crippen LogP contribution >= 0.6 is 0 Å². The first-order valence-electron chi connectivity index (χ1n) is 17.3. The third-order valence-electron chi connectivity index (χ3n) is 11.5. The molecular weight excluding hydrogens is 568 g/mol. The molecule has 6 heteroatoms. The summed E-state index contributed by atoms with van der Waals surface area (Å²) in [6, 6.07) is 20.7. The van der Waals surface area contributed by atoms with Crippen LogP contribution in [0.1, 0.15) is 77.7 Å². The van der Waals surface area contributed by atoms with Crippen LogP contribution in [-0.4, -0.2) is 22.9 Å². The summed E-state index contributed by atoms with van der Waals surface area (Å²) in [6.45, 7) is 9.25. The first-order valence-corrected chi connectivity index (χ1v) is 17.3. The predicted octanol–water partition coefficient (Wildman–Crippen LogP) is 7.27. The maximum atomic E-state index is 14.4. The van der Waals surface area contributed by atoms with Crippen molar-refractivity contribution in [2.45, 2.75) is 83.5 Å². The maximum Gasteiger partial charge on any atom is 0.182 e. The minimum Gasteiger partial charge on any atom is -0.362 e. The van der Waals surface area contributed by atoms with Crippen molar-refractivity contribution in [3.05, 3.63) is 76.8 Å². The van der Waals surface area contributed by atoms with E-state index in [1.807, 2.05) is 18.2 Å². The largest absolute Gasteiger partial charge is 0.362 e. The van der Waals surface area contributed by atoms with Crippen LogP contribution in [0.15, 0.2) is 65.7 Å². The Kier molecular flexibility index (Phi) is 5.90. The van der Waals surface area contributed by atoms with Crippen molar-refractivity contribution in [2.24, 2.45) is 28.7 Å². The van der Waals surface area contributed by atoms with Gasteiger partial charge in [0.2, 0.25) is 0 Å². The number of hydrogen-bond acceptors (Lipinski definition) is 6. The number of anilines is 3. The molecule has 4 aromatic rings. The van der Waals surface area contributed by atoms with Crippen molar-refractivity contribution in [3.63, 3.8) is 0 Å². The van der Waals surface area contributed by atoms with Gasteiger partial charge in [0.05, 0.1) is 16.6 Å². The summed E-state index contributed by atoms with van der Waals surface area (Å²) in [4.78, 5) is 34.2. The van der Waals surface area contributed by atoms with Gasteiger partial charge >= 0.3 is 0 Å². The molecule has 2 spiro atoms. The molecule has 234 valence electrons. The van der Waals surface area contributed by atoms with Gasteiger partial charge in [0, 0.05) is 27.4 Å². The van der Waals surface area contributed by atoms with Crippen molar-refractivity contribution in [2.75, 3.05) is 16.0 Å². The molecule has 0 saturated heterocycles. The van der Waals surface area contributed by atoms with Gasteiger partial charge < -0.3 is 16.0 Å². The highest BCUT2D eigenvalue weighted by Gasteiger charge is 2.49. The molecule has 3 fully saturated rings. The van der Waals surface area contributed by atoms with E-state index in [2.05, 4.69) is 86.1 Å². The summed E-state index contributed by atoms with van der Waals surface area (Å²) in [5.74, 6) is 1.19. The number of nitrogens with one attached hydrogen (secondary N) is 3. The zero-order valence-corrected chi connectivity index (χ0v) is 27.2. The smallest absolute Gasteiger partial charge is 0.182 e. The molecule has 9 rings (SSSR count). The Hall–Kier alpha value is -4.19. The maximum absolute atomic E-state index is 14.4. The van der Waals surface area contributed by atoms with Gasteiger partial charge in [-0.3, -0.25) is 14.6 Å². The molecular formula is C40H42N4O2. The van der Waals surface area contributed by atoms with Crippen molar-refractivity contribution < 1.29 is 9.59 Å². The van der Waals surface area contributed by atoms with E-state index in [9.17, 15) is 9.59 Å². The van der Waals surface area contributed by atoms with Gasteiger partial charge in [0.25, 0.3) is 0 Å². The van der Waals surface area contributed by atoms with E-state index in [0.29, 0.717) is 34.5 Å². The first-order chi connectivity index (χ1) is 22.1. The van der Waals surface area contributed by atoms with E-state index in [-0.39, 0.29) is 17.2 Å². The molecule has 46 heavy (non-hydrogen) atoms. The highest BCUT2D eigenvalue weighted by molar-refractivity contribution is 6.59. The molecule has 0 amide bonds. The molecule has 3 aliphatic carbocycles. The van der Waals surface area contributed by atoms with Crippen LogP contribution < -0.4 is 26.5 Å². The number of hydrogen-bond donors (Lipinski definition) is 3. The number of carbonyl (C=O) groups is 2. The van der Waals surface area contributed by atoms with E-state index in [1.165, 1.54) is 12.8 Å². The Bertz CT molecular complexity index is 2090. The molecule has 4 atom stereocenters. The third-order valence-corrected chi connectivity index (χ3v) is 11.5. The lowest BCUT2D eigenvalue weighted by atomic mass is 9.70. The zero-order chi connectivity index (χ0) is 31.5. The summed E-state index contributed by atoms with van der Waals surface area (Å²) in [5, 5.41) is 17.3. The average molecular weight is 611 g/mol. The molecule has 3 N–H and O–H groups in total. The van der Waals surface area contributed by atoms with Gasteiger partial charge in [-0.2, -0.15) is 0 Å². The van der Waals surface area contributed by atoms with Crippen LogP contribution in [0.3, 0.4) is 0 Å². The van der Waals surface area contributed by atoms with E-state index in [1.54, 1.807) is 0 Å². The summed E-state index contributed by atoms with van der Waals surface area (Å²) < 4.78 is 0. The second kappa shape index (κ2) is 9.66. The summed E-state index contributed by atoms with van der Waals surface area (Å²) in [5.41, 5.74) is 3.44. The quantitative estimate of drug-likeness (QED) is 0.198. The topological polar surface area (TPSA) is 82.6 Å². The fourth-order valence-corrected chi connectivity index (χ4v) is 10.3. The minimum absolute atomic E-state index is 0.0981. The molecule has 0 radical (unpaired) electrons. The molecule has 6 nitrogen and oxygen atoms in total. The van der Waals surface area contributed by atoms with Crippen LogP contribution in [-0.2, 0) is 9.59 Å². The molecule has 2 aliphatic heterocycles. The average Bonchev–Trinajstić information content (AvgIpc) is 2.98. The number of nitrogens with zero attached hydrogens (tertiary/aromatic N) is 1. The Morgan fingerprint density at radius 1 is 0.652 bits per heavy atom. The number of Topliss-reactive ketones (excluding diaryl/α,β-unsaturated/α-hetero) is 2. The molecule has 4 aromatic carbocycles. The van der Waals surface area contributed by atoms with Gasteiger partial charge in [0.1, 0.15) is 17.2 Å². The zero-order valence-electron chi connectivity index (χ0n) is 27.2. The summed E-state index contributed by atoms with van der Waals surface area (Å²) >= 11 is 0. The molecule has 2 heterocycles. The molecule has 0 bridgehead atoms. The monoisotopic (exact) mass is 610 g/mol. The molecule has 0 aromatic heterocycles. The lowest BCUT2D eigenvalue weighted by Crippen LogP contribution is -2.53. The molecule has 5 aliphatic rings. The highest BCUT2D eigenvalue weighted by atomic mass is 16.2. The summed E-state index contributed by atoms with van der Waals surface area (Å²) in [7, 11) is 0. The Morgan fingerprint density at radius 3 is 1.91 bits per heavy atom. The second-order valence-corrected chi connectivity index (χ2v) is 15.6. The molecule has 4 unspecified atom stereocenters. The SMILES string of the molecule is CC1CC(C)CC2(C1)N=c1c(=C3C(=O)C(c4ccc5cccc6c5c4NC4(CC(C)CC(C)C4)N6)C3=O)ccc3cccc(c13)N2. The number of benzene rings is 4. The standard InChI is InChI=1S/C40H42N4O2/c1-21-15-22(2)18-39(17-21)41-29-9-5-7-25-11-13-27(35(43-39)31(25)29)33-37(45)34(38(33)46)28-14-12-26-8-6-10-30-32(26)36(28)44-40(42-30)19-23(3)16-24(4)20-40/h5-14,21-24,33,41-43H,15-20H2,1-4H3. The van der Waals surface area contributed by atoms with E-state index < -0.39 is 11.6 Å². The normalized spacial score (nSPS) is 33.0. The fourth-order valence-electron chi connectivity index (χ4n) is 10.3. The van der Waals surface area contributed by atoms with Gasteiger partial charge in [-0.15, -0.1) is 0 Å².